The van der Waals surface area contributed by atoms with Gasteiger partial charge in [-0.15, -0.1) is 11.3 Å². The predicted octanol–water partition coefficient (Wildman–Crippen LogP) is 2.72. The molecule has 1 aromatic heterocycles. The summed E-state index contributed by atoms with van der Waals surface area (Å²) in [6.07, 6.45) is -5.27. The van der Waals surface area contributed by atoms with E-state index in [1.807, 2.05) is 31.3 Å². The standard InChI is InChI=1S/C19H26F3N5O2S/c1-4-23-17(24-9-14-12-30-18(26-14)27(2)3)25-10-15(28)11-29-16-7-5-13(6-8-16)19(20,21)22/h5-8,12,15,28H,4,9-11H2,1-3H3,(H2,23,24,25). The lowest BCUT2D eigenvalue weighted by molar-refractivity contribution is -0.137. The van der Waals surface area contributed by atoms with Crippen molar-refractivity contribution < 1.29 is 23.0 Å². The van der Waals surface area contributed by atoms with Gasteiger partial charge >= 0.3 is 6.18 Å². The molecule has 3 N–H and O–H groups in total. The summed E-state index contributed by atoms with van der Waals surface area (Å²) in [5, 5.41) is 19.0. The van der Waals surface area contributed by atoms with Gasteiger partial charge in [-0.1, -0.05) is 0 Å². The molecule has 0 saturated carbocycles. The Morgan fingerprint density at radius 2 is 1.97 bits per heavy atom. The summed E-state index contributed by atoms with van der Waals surface area (Å²) in [4.78, 5) is 10.8. The molecule has 7 nitrogen and oxygen atoms in total. The zero-order valence-corrected chi connectivity index (χ0v) is 17.8. The molecule has 0 bridgehead atoms. The summed E-state index contributed by atoms with van der Waals surface area (Å²) >= 11 is 1.53. The Morgan fingerprint density at radius 3 is 2.53 bits per heavy atom. The van der Waals surface area contributed by atoms with Crippen LogP contribution in [0.5, 0.6) is 5.75 Å². The van der Waals surface area contributed by atoms with Crippen molar-refractivity contribution in [3.63, 3.8) is 0 Å². The van der Waals surface area contributed by atoms with Gasteiger partial charge in [-0.05, 0) is 31.2 Å². The second kappa shape index (κ2) is 11.0. The minimum Gasteiger partial charge on any atom is -0.491 e. The lowest BCUT2D eigenvalue weighted by atomic mass is 10.2. The molecule has 11 heteroatoms. The van der Waals surface area contributed by atoms with E-state index in [2.05, 4.69) is 20.6 Å². The fourth-order valence-electron chi connectivity index (χ4n) is 2.28. The van der Waals surface area contributed by atoms with E-state index in [0.29, 0.717) is 19.0 Å². The molecule has 1 heterocycles. The van der Waals surface area contributed by atoms with Gasteiger partial charge in [0.15, 0.2) is 11.1 Å². The number of aromatic nitrogens is 1. The number of aliphatic imine (C=N–C) groups is 1. The molecule has 0 aliphatic carbocycles. The SMILES string of the molecule is CCNC(=NCc1csc(N(C)C)n1)NCC(O)COc1ccc(C(F)(F)F)cc1. The topological polar surface area (TPSA) is 82.0 Å². The van der Waals surface area contributed by atoms with Crippen molar-refractivity contribution in [1.82, 2.24) is 15.6 Å². The first-order valence-electron chi connectivity index (χ1n) is 9.31. The second-order valence-electron chi connectivity index (χ2n) is 6.58. The number of rotatable bonds is 9. The molecule has 30 heavy (non-hydrogen) atoms. The zero-order valence-electron chi connectivity index (χ0n) is 17.0. The number of aliphatic hydroxyl groups is 1. The molecule has 2 aromatic rings. The number of thiazole rings is 1. The summed E-state index contributed by atoms with van der Waals surface area (Å²) in [7, 11) is 3.84. The maximum Gasteiger partial charge on any atom is 0.416 e. The van der Waals surface area contributed by atoms with Crippen molar-refractivity contribution in [3.8, 4) is 5.75 Å². The molecule has 0 saturated heterocycles. The number of anilines is 1. The molecule has 1 unspecified atom stereocenters. The van der Waals surface area contributed by atoms with Gasteiger partial charge in [0.25, 0.3) is 0 Å². The third kappa shape index (κ3) is 7.71. The Hall–Kier alpha value is -2.53. The number of guanidine groups is 1. The summed E-state index contributed by atoms with van der Waals surface area (Å²) in [5.74, 6) is 0.772. The predicted molar refractivity (Wildman–Crippen MR) is 112 cm³/mol. The van der Waals surface area contributed by atoms with Crippen LogP contribution in [-0.2, 0) is 12.7 Å². The number of benzene rings is 1. The van der Waals surface area contributed by atoms with Crippen molar-refractivity contribution in [2.45, 2.75) is 25.7 Å². The number of hydrogen-bond donors (Lipinski definition) is 3. The molecule has 0 aliphatic heterocycles. The Bertz CT molecular complexity index is 809. The van der Waals surface area contributed by atoms with E-state index in [1.54, 1.807) is 0 Å². The smallest absolute Gasteiger partial charge is 0.416 e. The molecule has 0 aliphatic rings. The number of ether oxygens (including phenoxy) is 1. The van der Waals surface area contributed by atoms with Crippen molar-refractivity contribution >= 4 is 22.4 Å². The Morgan fingerprint density at radius 1 is 1.27 bits per heavy atom. The lowest BCUT2D eigenvalue weighted by Crippen LogP contribution is -2.42. The van der Waals surface area contributed by atoms with Crippen molar-refractivity contribution in [3.05, 3.63) is 40.9 Å². The van der Waals surface area contributed by atoms with Gasteiger partial charge in [-0.3, -0.25) is 0 Å². The highest BCUT2D eigenvalue weighted by molar-refractivity contribution is 7.13. The number of hydrogen-bond acceptors (Lipinski definition) is 6. The highest BCUT2D eigenvalue weighted by atomic mass is 32.1. The Kier molecular flexibility index (Phi) is 8.72. The first kappa shape index (κ1) is 23.7. The van der Waals surface area contributed by atoms with E-state index >= 15 is 0 Å². The van der Waals surface area contributed by atoms with Gasteiger partial charge in [0.05, 0.1) is 17.8 Å². The molecule has 0 fully saturated rings. The first-order valence-corrected chi connectivity index (χ1v) is 10.2. The molecular weight excluding hydrogens is 419 g/mol. The van der Waals surface area contributed by atoms with Crippen LogP contribution >= 0.6 is 11.3 Å². The van der Waals surface area contributed by atoms with Gasteiger partial charge < -0.3 is 25.4 Å². The summed E-state index contributed by atoms with van der Waals surface area (Å²) < 4.78 is 43.1. The van der Waals surface area contributed by atoms with Gasteiger partial charge in [-0.2, -0.15) is 13.2 Å². The molecule has 1 aromatic carbocycles. The van der Waals surface area contributed by atoms with Crippen LogP contribution in [0.1, 0.15) is 18.2 Å². The van der Waals surface area contributed by atoms with Crippen LogP contribution in [0.4, 0.5) is 18.3 Å². The molecule has 2 rings (SSSR count). The molecule has 1 atom stereocenters. The quantitative estimate of drug-likeness (QED) is 0.407. The van der Waals surface area contributed by atoms with Crippen LogP contribution in [-0.4, -0.2) is 55.9 Å². The molecular formula is C19H26F3N5O2S. The first-order chi connectivity index (χ1) is 14.2. The molecule has 166 valence electrons. The summed E-state index contributed by atoms with van der Waals surface area (Å²) in [5.41, 5.74) is 0.0912. The molecule has 0 spiro atoms. The minimum atomic E-state index is -4.39. The van der Waals surface area contributed by atoms with Gasteiger partial charge in [-0.25, -0.2) is 9.98 Å². The van der Waals surface area contributed by atoms with Crippen molar-refractivity contribution in [2.24, 2.45) is 4.99 Å². The van der Waals surface area contributed by atoms with E-state index < -0.39 is 17.8 Å². The van der Waals surface area contributed by atoms with Gasteiger partial charge in [0.1, 0.15) is 18.5 Å². The lowest BCUT2D eigenvalue weighted by Gasteiger charge is -2.16. The highest BCUT2D eigenvalue weighted by Gasteiger charge is 2.30. The monoisotopic (exact) mass is 445 g/mol. The number of nitrogens with zero attached hydrogens (tertiary/aromatic N) is 3. The largest absolute Gasteiger partial charge is 0.491 e. The van der Waals surface area contributed by atoms with E-state index in [9.17, 15) is 18.3 Å². The average molecular weight is 446 g/mol. The van der Waals surface area contributed by atoms with Gasteiger partial charge in [0, 0.05) is 32.6 Å². The number of alkyl halides is 3. The van der Waals surface area contributed by atoms with E-state index in [4.69, 9.17) is 4.74 Å². The van der Waals surface area contributed by atoms with Crippen LogP contribution in [0.15, 0.2) is 34.6 Å². The minimum absolute atomic E-state index is 0.0734. The Labute approximate surface area is 177 Å². The van der Waals surface area contributed by atoms with Gasteiger partial charge in [0.2, 0.25) is 0 Å². The van der Waals surface area contributed by atoms with Crippen LogP contribution < -0.4 is 20.3 Å². The zero-order chi connectivity index (χ0) is 22.1. The normalized spacial score (nSPS) is 13.1. The number of aliphatic hydroxyl groups excluding tert-OH is 1. The number of halogens is 3. The second-order valence-corrected chi connectivity index (χ2v) is 7.42. The van der Waals surface area contributed by atoms with Crippen molar-refractivity contribution in [2.75, 3.05) is 38.7 Å². The summed E-state index contributed by atoms with van der Waals surface area (Å²) in [6.45, 7) is 3.04. The van der Waals surface area contributed by atoms with E-state index in [0.717, 1.165) is 23.0 Å². The third-order valence-corrected chi connectivity index (χ3v) is 4.85. The third-order valence-electron chi connectivity index (χ3n) is 3.79. The Balaban J connectivity index is 1.81. The van der Waals surface area contributed by atoms with Crippen LogP contribution in [0, 0.1) is 0 Å². The maximum atomic E-state index is 12.6. The van der Waals surface area contributed by atoms with Crippen LogP contribution in [0.2, 0.25) is 0 Å². The summed E-state index contributed by atoms with van der Waals surface area (Å²) in [6, 6.07) is 4.33. The van der Waals surface area contributed by atoms with E-state index in [1.165, 1.54) is 23.5 Å². The average Bonchev–Trinajstić information content (AvgIpc) is 3.17. The molecule has 0 radical (unpaired) electrons. The highest BCUT2D eigenvalue weighted by Crippen LogP contribution is 2.30. The molecule has 0 amide bonds. The fraction of sp³-hybridized carbons (Fsp3) is 0.474. The number of nitrogens with one attached hydrogen (secondary N) is 2. The maximum absolute atomic E-state index is 12.6. The fourth-order valence-corrected chi connectivity index (χ4v) is 3.03. The van der Waals surface area contributed by atoms with Crippen LogP contribution in [0.25, 0.3) is 0 Å². The van der Waals surface area contributed by atoms with E-state index in [-0.39, 0.29) is 18.9 Å². The van der Waals surface area contributed by atoms with Crippen LogP contribution in [0.3, 0.4) is 0 Å². The van der Waals surface area contributed by atoms with Crippen molar-refractivity contribution in [1.29, 1.82) is 0 Å².